The summed E-state index contributed by atoms with van der Waals surface area (Å²) < 4.78 is 0. The summed E-state index contributed by atoms with van der Waals surface area (Å²) in [7, 11) is 6.11. The van der Waals surface area contributed by atoms with Crippen LogP contribution in [0.1, 0.15) is 43.0 Å². The molecule has 1 atom stereocenters. The van der Waals surface area contributed by atoms with Gasteiger partial charge < -0.3 is 15.5 Å². The van der Waals surface area contributed by atoms with Gasteiger partial charge in [-0.25, -0.2) is 0 Å². The van der Waals surface area contributed by atoms with E-state index in [2.05, 4.69) is 52.1 Å². The van der Waals surface area contributed by atoms with Gasteiger partial charge in [-0.1, -0.05) is 25.3 Å². The van der Waals surface area contributed by atoms with Crippen LogP contribution in [-0.2, 0) is 0 Å². The van der Waals surface area contributed by atoms with Gasteiger partial charge in [0.05, 0.1) is 6.04 Å². The predicted octanol–water partition coefficient (Wildman–Crippen LogP) is 3.47. The number of halogens is 1. The first-order valence-electron chi connectivity index (χ1n) is 7.87. The van der Waals surface area contributed by atoms with Crippen LogP contribution in [0.4, 0.5) is 0 Å². The highest BCUT2D eigenvalue weighted by Crippen LogP contribution is 2.22. The third-order valence-corrected chi connectivity index (χ3v) is 5.10. The van der Waals surface area contributed by atoms with Crippen molar-refractivity contribution in [2.24, 2.45) is 4.99 Å². The lowest BCUT2D eigenvalue weighted by Gasteiger charge is -2.27. The fourth-order valence-electron chi connectivity index (χ4n) is 2.85. The van der Waals surface area contributed by atoms with Gasteiger partial charge in [0, 0.05) is 24.5 Å². The Labute approximate surface area is 155 Å². The molecule has 1 heterocycles. The van der Waals surface area contributed by atoms with E-state index in [9.17, 15) is 0 Å². The number of thiophene rings is 1. The van der Waals surface area contributed by atoms with Crippen molar-refractivity contribution in [3.05, 3.63) is 22.4 Å². The monoisotopic (exact) mass is 436 g/mol. The summed E-state index contributed by atoms with van der Waals surface area (Å²) in [5.74, 6) is 0.935. The number of rotatable bonds is 5. The molecule has 0 bridgehead atoms. The maximum Gasteiger partial charge on any atom is 0.191 e. The molecule has 1 aromatic rings. The average Bonchev–Trinajstić information content (AvgIpc) is 3.01. The molecule has 1 aromatic heterocycles. The van der Waals surface area contributed by atoms with Crippen molar-refractivity contribution in [1.29, 1.82) is 0 Å². The molecule has 0 spiro atoms. The lowest BCUT2D eigenvalue weighted by Crippen LogP contribution is -2.46. The Morgan fingerprint density at radius 3 is 2.64 bits per heavy atom. The second-order valence-corrected chi connectivity index (χ2v) is 6.91. The molecule has 2 N–H and O–H groups in total. The molecule has 1 fully saturated rings. The van der Waals surface area contributed by atoms with Crippen LogP contribution in [0.3, 0.4) is 0 Å². The zero-order valence-corrected chi connectivity index (χ0v) is 17.0. The van der Waals surface area contributed by atoms with E-state index in [1.165, 1.54) is 37.0 Å². The smallest absolute Gasteiger partial charge is 0.191 e. The molecular formula is C16H29IN4S. The minimum absolute atomic E-state index is 0. The Balaban J connectivity index is 0.00000242. The van der Waals surface area contributed by atoms with E-state index in [1.807, 2.05) is 18.4 Å². The van der Waals surface area contributed by atoms with Gasteiger partial charge in [-0.3, -0.25) is 4.99 Å². The summed E-state index contributed by atoms with van der Waals surface area (Å²) in [5.41, 5.74) is 0. The summed E-state index contributed by atoms with van der Waals surface area (Å²) in [5, 5.41) is 9.20. The van der Waals surface area contributed by atoms with Crippen LogP contribution in [0.25, 0.3) is 0 Å². The largest absolute Gasteiger partial charge is 0.354 e. The van der Waals surface area contributed by atoms with E-state index < -0.39 is 0 Å². The Morgan fingerprint density at radius 1 is 1.36 bits per heavy atom. The summed E-state index contributed by atoms with van der Waals surface area (Å²) in [6.45, 7) is 0.875. The molecule has 1 aliphatic rings. The van der Waals surface area contributed by atoms with Crippen molar-refractivity contribution in [3.8, 4) is 0 Å². The Hall–Kier alpha value is -0.340. The van der Waals surface area contributed by atoms with Crippen molar-refractivity contribution in [3.63, 3.8) is 0 Å². The molecule has 1 unspecified atom stereocenters. The molecule has 6 heteroatoms. The fourth-order valence-corrected chi connectivity index (χ4v) is 3.77. The Kier molecular flexibility index (Phi) is 9.35. The van der Waals surface area contributed by atoms with Gasteiger partial charge in [-0.2, -0.15) is 0 Å². The van der Waals surface area contributed by atoms with Gasteiger partial charge in [0.1, 0.15) is 0 Å². The number of likely N-dealkylation sites (N-methyl/N-ethyl adjacent to an activating group) is 1. The number of hydrogen-bond acceptors (Lipinski definition) is 3. The second-order valence-electron chi connectivity index (χ2n) is 5.93. The van der Waals surface area contributed by atoms with E-state index in [0.717, 1.165) is 12.5 Å². The summed E-state index contributed by atoms with van der Waals surface area (Å²) >= 11 is 1.81. The van der Waals surface area contributed by atoms with Crippen molar-refractivity contribution < 1.29 is 0 Å². The van der Waals surface area contributed by atoms with Crippen LogP contribution < -0.4 is 10.6 Å². The van der Waals surface area contributed by atoms with Gasteiger partial charge in [-0.05, 0) is 38.4 Å². The van der Waals surface area contributed by atoms with Gasteiger partial charge >= 0.3 is 0 Å². The van der Waals surface area contributed by atoms with Crippen LogP contribution in [0.2, 0.25) is 0 Å². The molecule has 22 heavy (non-hydrogen) atoms. The molecule has 126 valence electrons. The second kappa shape index (κ2) is 10.4. The summed E-state index contributed by atoms with van der Waals surface area (Å²) in [6, 6.07) is 5.29. The molecule has 1 saturated carbocycles. The standard InChI is InChI=1S/C16H28N4S.HI/c1-17-16(19-13-8-5-4-6-9-13)18-12-14(20(2)3)15-10-7-11-21-15;/h7,10-11,13-14H,4-6,8-9,12H2,1-3H3,(H2,17,18,19);1H. The first-order chi connectivity index (χ1) is 10.2. The van der Waals surface area contributed by atoms with Crippen LogP contribution in [-0.4, -0.2) is 44.6 Å². The highest BCUT2D eigenvalue weighted by atomic mass is 127. The number of nitrogens with zero attached hydrogens (tertiary/aromatic N) is 2. The van der Waals surface area contributed by atoms with Gasteiger partial charge in [0.2, 0.25) is 0 Å². The Bertz CT molecular complexity index is 427. The molecule has 0 aromatic carbocycles. The third kappa shape index (κ3) is 6.04. The lowest BCUT2D eigenvalue weighted by molar-refractivity contribution is 0.301. The predicted molar refractivity (Wildman–Crippen MR) is 108 cm³/mol. The van der Waals surface area contributed by atoms with Crippen LogP contribution in [0.5, 0.6) is 0 Å². The Morgan fingerprint density at radius 2 is 2.09 bits per heavy atom. The first-order valence-corrected chi connectivity index (χ1v) is 8.75. The molecule has 4 nitrogen and oxygen atoms in total. The van der Waals surface area contributed by atoms with Gasteiger partial charge in [0.25, 0.3) is 0 Å². The maximum atomic E-state index is 4.37. The van der Waals surface area contributed by atoms with Crippen LogP contribution >= 0.6 is 35.3 Å². The SMILES string of the molecule is CN=C(NCC(c1cccs1)N(C)C)NC1CCCCC1.I. The normalized spacial score (nSPS) is 17.9. The van der Waals surface area contributed by atoms with Gasteiger partial charge in [-0.15, -0.1) is 35.3 Å². The summed E-state index contributed by atoms with van der Waals surface area (Å²) in [4.78, 5) is 8.02. The van der Waals surface area contributed by atoms with Crippen molar-refractivity contribution in [1.82, 2.24) is 15.5 Å². The zero-order valence-electron chi connectivity index (χ0n) is 13.8. The van der Waals surface area contributed by atoms with Crippen LogP contribution in [0, 0.1) is 0 Å². The van der Waals surface area contributed by atoms with E-state index in [4.69, 9.17) is 0 Å². The first kappa shape index (κ1) is 19.7. The number of hydrogen-bond donors (Lipinski definition) is 2. The topological polar surface area (TPSA) is 39.7 Å². The number of aliphatic imine (C=N–C) groups is 1. The number of guanidine groups is 1. The minimum Gasteiger partial charge on any atom is -0.354 e. The fraction of sp³-hybridized carbons (Fsp3) is 0.688. The molecule has 0 radical (unpaired) electrons. The average molecular weight is 436 g/mol. The van der Waals surface area contributed by atoms with E-state index in [1.54, 1.807) is 0 Å². The lowest BCUT2D eigenvalue weighted by atomic mass is 9.96. The maximum absolute atomic E-state index is 4.37. The molecular weight excluding hydrogens is 407 g/mol. The minimum atomic E-state index is 0. The molecule has 0 amide bonds. The van der Waals surface area contributed by atoms with Gasteiger partial charge in [0.15, 0.2) is 5.96 Å². The highest BCUT2D eigenvalue weighted by Gasteiger charge is 2.17. The van der Waals surface area contributed by atoms with E-state index >= 15 is 0 Å². The molecule has 2 rings (SSSR count). The molecule has 0 saturated heterocycles. The highest BCUT2D eigenvalue weighted by molar-refractivity contribution is 14.0. The third-order valence-electron chi connectivity index (χ3n) is 4.13. The summed E-state index contributed by atoms with van der Waals surface area (Å²) in [6.07, 6.45) is 6.59. The van der Waals surface area contributed by atoms with E-state index in [-0.39, 0.29) is 24.0 Å². The zero-order chi connectivity index (χ0) is 15.1. The van der Waals surface area contributed by atoms with Crippen molar-refractivity contribution >= 4 is 41.3 Å². The van der Waals surface area contributed by atoms with Crippen molar-refractivity contribution in [2.75, 3.05) is 27.7 Å². The van der Waals surface area contributed by atoms with Crippen LogP contribution in [0.15, 0.2) is 22.5 Å². The quantitative estimate of drug-likeness (QED) is 0.422. The van der Waals surface area contributed by atoms with Crippen molar-refractivity contribution in [2.45, 2.75) is 44.2 Å². The van der Waals surface area contributed by atoms with E-state index in [0.29, 0.717) is 12.1 Å². The molecule has 0 aliphatic heterocycles. The number of nitrogens with one attached hydrogen (secondary N) is 2. The molecule has 1 aliphatic carbocycles.